The average Bonchev–Trinajstić information content (AvgIpc) is 3.39. The molecule has 2 aliphatic rings. The molecule has 5 rings (SSSR count). The van der Waals surface area contributed by atoms with Crippen LogP contribution >= 0.6 is 0 Å². The highest BCUT2D eigenvalue weighted by Crippen LogP contribution is 2.45. The first-order valence-electron chi connectivity index (χ1n) is 10.3. The molecule has 1 amide bonds. The molecule has 150 valence electrons. The number of fused-ring (bicyclic) bond motifs is 1. The predicted octanol–water partition coefficient (Wildman–Crippen LogP) is 5.36. The Morgan fingerprint density at radius 1 is 0.867 bits per heavy atom. The van der Waals surface area contributed by atoms with E-state index in [-0.39, 0.29) is 24.8 Å². The number of benzene rings is 3. The maximum Gasteiger partial charge on any atom is 0.410 e. The van der Waals surface area contributed by atoms with Gasteiger partial charge in [0.05, 0.1) is 0 Å². The molecule has 0 radical (unpaired) electrons. The highest BCUT2D eigenvalue weighted by molar-refractivity contribution is 5.94. The molecule has 2 aliphatic heterocycles. The molecule has 0 bridgehead atoms. The van der Waals surface area contributed by atoms with Crippen molar-refractivity contribution in [2.45, 2.75) is 25.2 Å². The molecule has 1 saturated heterocycles. The molecule has 0 aliphatic carbocycles. The summed E-state index contributed by atoms with van der Waals surface area (Å²) in [6.45, 7) is 0.895. The third-order valence-electron chi connectivity index (χ3n) is 5.71. The Kier molecular flexibility index (Phi) is 4.98. The quantitative estimate of drug-likeness (QED) is 0.594. The summed E-state index contributed by atoms with van der Waals surface area (Å²) in [6.07, 6.45) is 0.440. The Balaban J connectivity index is 1.46. The second kappa shape index (κ2) is 8.07. The molecule has 4 heteroatoms. The molecule has 4 nitrogen and oxygen atoms in total. The van der Waals surface area contributed by atoms with Crippen LogP contribution < -0.4 is 0 Å². The summed E-state index contributed by atoms with van der Waals surface area (Å²) in [5, 5.41) is 0. The number of likely N-dealkylation sites (tertiary alicyclic amines) is 1. The van der Waals surface area contributed by atoms with Gasteiger partial charge in [0, 0.05) is 24.1 Å². The molecule has 30 heavy (non-hydrogen) atoms. The minimum absolute atomic E-state index is 0.0558. The molecular formula is C26H23NO3. The van der Waals surface area contributed by atoms with E-state index in [0.717, 1.165) is 34.4 Å². The number of carbonyl (C=O) groups is 1. The number of hydrogen-bond acceptors (Lipinski definition) is 3. The van der Waals surface area contributed by atoms with E-state index >= 15 is 0 Å². The number of rotatable bonds is 4. The molecule has 3 aromatic rings. The average molecular weight is 397 g/mol. The van der Waals surface area contributed by atoms with E-state index in [9.17, 15) is 4.79 Å². The summed E-state index contributed by atoms with van der Waals surface area (Å²) >= 11 is 0. The number of amides is 1. The van der Waals surface area contributed by atoms with E-state index in [0.29, 0.717) is 6.54 Å². The predicted molar refractivity (Wildman–Crippen MR) is 116 cm³/mol. The minimum atomic E-state index is -0.294. The topological polar surface area (TPSA) is 38.8 Å². The van der Waals surface area contributed by atoms with Crippen molar-refractivity contribution in [3.05, 3.63) is 108 Å². The van der Waals surface area contributed by atoms with Crippen LogP contribution in [0.3, 0.4) is 0 Å². The van der Waals surface area contributed by atoms with Crippen LogP contribution in [0.25, 0.3) is 11.3 Å². The Morgan fingerprint density at radius 3 is 2.13 bits per heavy atom. The zero-order chi connectivity index (χ0) is 20.3. The van der Waals surface area contributed by atoms with E-state index in [1.807, 2.05) is 71.6 Å². The highest BCUT2D eigenvalue weighted by atomic mass is 16.6. The smallest absolute Gasteiger partial charge is 0.410 e. The van der Waals surface area contributed by atoms with Gasteiger partial charge in [-0.2, -0.15) is 0 Å². The SMILES string of the molecule is O=C(OCc1ccccc1)N1CC[C@@H]2OC(c3ccccc3)=C(c3ccccc3)[C@@H]21. The summed E-state index contributed by atoms with van der Waals surface area (Å²) in [7, 11) is 0. The summed E-state index contributed by atoms with van der Waals surface area (Å²) in [6, 6.07) is 29.9. The summed E-state index contributed by atoms with van der Waals surface area (Å²) in [5.74, 6) is 0.859. The molecule has 0 N–H and O–H groups in total. The van der Waals surface area contributed by atoms with Crippen molar-refractivity contribution in [3.63, 3.8) is 0 Å². The Hall–Kier alpha value is -3.53. The molecule has 0 saturated carbocycles. The van der Waals surface area contributed by atoms with Crippen molar-refractivity contribution in [1.82, 2.24) is 4.90 Å². The van der Waals surface area contributed by atoms with Crippen molar-refractivity contribution in [1.29, 1.82) is 0 Å². The van der Waals surface area contributed by atoms with E-state index in [1.165, 1.54) is 0 Å². The summed E-state index contributed by atoms with van der Waals surface area (Å²) < 4.78 is 12.1. The van der Waals surface area contributed by atoms with Crippen LogP contribution in [0.4, 0.5) is 4.79 Å². The van der Waals surface area contributed by atoms with E-state index < -0.39 is 0 Å². The van der Waals surface area contributed by atoms with E-state index in [1.54, 1.807) is 0 Å². The van der Waals surface area contributed by atoms with Crippen LogP contribution in [0.2, 0.25) is 0 Å². The molecular weight excluding hydrogens is 374 g/mol. The van der Waals surface area contributed by atoms with Crippen molar-refractivity contribution in [3.8, 4) is 0 Å². The van der Waals surface area contributed by atoms with Gasteiger partial charge in [0.15, 0.2) is 0 Å². The number of ether oxygens (including phenoxy) is 2. The summed E-state index contributed by atoms with van der Waals surface area (Å²) in [4.78, 5) is 14.8. The molecule has 0 spiro atoms. The zero-order valence-corrected chi connectivity index (χ0v) is 16.6. The first-order chi connectivity index (χ1) is 14.8. The molecule has 0 unspecified atom stereocenters. The lowest BCUT2D eigenvalue weighted by molar-refractivity contribution is 0.0906. The fourth-order valence-electron chi connectivity index (χ4n) is 4.32. The van der Waals surface area contributed by atoms with Gasteiger partial charge in [-0.3, -0.25) is 4.90 Å². The van der Waals surface area contributed by atoms with Crippen LogP contribution in [0.5, 0.6) is 0 Å². The standard InChI is InChI=1S/C26H23NO3/c28-26(29-18-19-10-4-1-5-11-19)27-17-16-22-24(27)23(20-12-6-2-7-13-20)25(30-22)21-14-8-3-9-15-21/h1-15,22,24H,16-18H2/t22-,24+/m0/s1. The van der Waals surface area contributed by atoms with E-state index in [4.69, 9.17) is 9.47 Å². The van der Waals surface area contributed by atoms with Crippen LogP contribution in [-0.2, 0) is 16.1 Å². The number of hydrogen-bond donors (Lipinski definition) is 0. The number of carbonyl (C=O) groups excluding carboxylic acids is 1. The lowest BCUT2D eigenvalue weighted by atomic mass is 9.94. The second-order valence-electron chi connectivity index (χ2n) is 7.60. The fourth-order valence-corrected chi connectivity index (χ4v) is 4.32. The third kappa shape index (κ3) is 3.45. The molecule has 1 fully saturated rings. The zero-order valence-electron chi connectivity index (χ0n) is 16.6. The Bertz CT molecular complexity index is 1050. The van der Waals surface area contributed by atoms with Gasteiger partial charge in [-0.25, -0.2) is 4.79 Å². The highest BCUT2D eigenvalue weighted by Gasteiger charge is 2.48. The van der Waals surface area contributed by atoms with Crippen LogP contribution in [-0.4, -0.2) is 29.7 Å². The molecule has 3 aromatic carbocycles. The van der Waals surface area contributed by atoms with Gasteiger partial charge in [-0.05, 0) is 11.1 Å². The van der Waals surface area contributed by atoms with Gasteiger partial charge >= 0.3 is 6.09 Å². The first kappa shape index (κ1) is 18.5. The Morgan fingerprint density at radius 2 is 1.47 bits per heavy atom. The maximum atomic E-state index is 13.0. The van der Waals surface area contributed by atoms with Crippen LogP contribution in [0.15, 0.2) is 91.0 Å². The Labute approximate surface area is 176 Å². The second-order valence-corrected chi connectivity index (χ2v) is 7.60. The van der Waals surface area contributed by atoms with Gasteiger partial charge in [0.1, 0.15) is 24.5 Å². The van der Waals surface area contributed by atoms with Crippen LogP contribution in [0, 0.1) is 0 Å². The van der Waals surface area contributed by atoms with Crippen molar-refractivity contribution >= 4 is 17.4 Å². The normalized spacial score (nSPS) is 20.1. The maximum absolute atomic E-state index is 13.0. The molecule has 2 atom stereocenters. The van der Waals surface area contributed by atoms with Crippen LogP contribution in [0.1, 0.15) is 23.1 Å². The minimum Gasteiger partial charge on any atom is -0.487 e. The van der Waals surface area contributed by atoms with Gasteiger partial charge in [0.2, 0.25) is 0 Å². The first-order valence-corrected chi connectivity index (χ1v) is 10.3. The largest absolute Gasteiger partial charge is 0.487 e. The van der Waals surface area contributed by atoms with E-state index in [2.05, 4.69) is 24.3 Å². The molecule has 0 aromatic heterocycles. The number of nitrogens with zero attached hydrogens (tertiary/aromatic N) is 1. The lowest BCUT2D eigenvalue weighted by Crippen LogP contribution is -2.39. The lowest BCUT2D eigenvalue weighted by Gasteiger charge is -2.24. The third-order valence-corrected chi connectivity index (χ3v) is 5.71. The molecule has 2 heterocycles. The van der Waals surface area contributed by atoms with Crippen molar-refractivity contribution < 1.29 is 14.3 Å². The van der Waals surface area contributed by atoms with Gasteiger partial charge in [0.25, 0.3) is 0 Å². The van der Waals surface area contributed by atoms with Gasteiger partial charge < -0.3 is 9.47 Å². The fraction of sp³-hybridized carbons (Fsp3) is 0.192. The monoisotopic (exact) mass is 397 g/mol. The van der Waals surface area contributed by atoms with Gasteiger partial charge in [-0.15, -0.1) is 0 Å². The summed E-state index contributed by atoms with van der Waals surface area (Å²) in [5.41, 5.74) is 4.14. The van der Waals surface area contributed by atoms with Crippen molar-refractivity contribution in [2.75, 3.05) is 6.54 Å². The van der Waals surface area contributed by atoms with Gasteiger partial charge in [-0.1, -0.05) is 91.0 Å². The van der Waals surface area contributed by atoms with Crippen molar-refractivity contribution in [2.24, 2.45) is 0 Å².